The SMILES string of the molecule is O=S1(=O)CC=C(Sc2nc3ccccc3[nH]2)C1. The molecule has 2 heterocycles. The number of aromatic amines is 1. The van der Waals surface area contributed by atoms with E-state index in [1.165, 1.54) is 11.8 Å². The minimum Gasteiger partial charge on any atom is -0.333 e. The Labute approximate surface area is 103 Å². The summed E-state index contributed by atoms with van der Waals surface area (Å²) in [5, 5.41) is 0.745. The molecule has 4 nitrogen and oxygen atoms in total. The van der Waals surface area contributed by atoms with Crippen molar-refractivity contribution in [3.8, 4) is 0 Å². The van der Waals surface area contributed by atoms with Crippen molar-refractivity contribution in [1.29, 1.82) is 0 Å². The molecule has 0 unspecified atom stereocenters. The van der Waals surface area contributed by atoms with E-state index >= 15 is 0 Å². The van der Waals surface area contributed by atoms with Gasteiger partial charge in [0.2, 0.25) is 0 Å². The Balaban J connectivity index is 1.86. The van der Waals surface area contributed by atoms with Gasteiger partial charge in [-0.2, -0.15) is 0 Å². The third-order valence-electron chi connectivity index (χ3n) is 2.52. The molecular weight excluding hydrogens is 256 g/mol. The number of sulfone groups is 1. The molecule has 0 saturated heterocycles. The monoisotopic (exact) mass is 266 g/mol. The number of hydrogen-bond donors (Lipinski definition) is 1. The number of nitrogens with one attached hydrogen (secondary N) is 1. The summed E-state index contributed by atoms with van der Waals surface area (Å²) in [7, 11) is -2.90. The first-order valence-electron chi connectivity index (χ1n) is 5.14. The zero-order chi connectivity index (χ0) is 11.9. The maximum absolute atomic E-state index is 11.3. The number of rotatable bonds is 2. The first kappa shape index (κ1) is 10.9. The molecular formula is C11H10N2O2S2. The van der Waals surface area contributed by atoms with Crippen LogP contribution in [0.1, 0.15) is 0 Å². The van der Waals surface area contributed by atoms with Gasteiger partial charge in [-0.3, -0.25) is 0 Å². The average molecular weight is 266 g/mol. The smallest absolute Gasteiger partial charge is 0.170 e. The lowest BCUT2D eigenvalue weighted by Gasteiger charge is -1.95. The van der Waals surface area contributed by atoms with E-state index < -0.39 is 9.84 Å². The Morgan fingerprint density at radius 3 is 2.82 bits per heavy atom. The number of thioether (sulfide) groups is 1. The Morgan fingerprint density at radius 2 is 2.12 bits per heavy atom. The van der Waals surface area contributed by atoms with Crippen LogP contribution in [0.3, 0.4) is 0 Å². The standard InChI is InChI=1S/C11H10N2O2S2/c14-17(15)6-5-8(7-17)16-11-12-9-3-1-2-4-10(9)13-11/h1-5H,6-7H2,(H,12,13). The zero-order valence-electron chi connectivity index (χ0n) is 8.88. The van der Waals surface area contributed by atoms with Crippen LogP contribution in [0.2, 0.25) is 0 Å². The van der Waals surface area contributed by atoms with Gasteiger partial charge in [0, 0.05) is 4.91 Å². The quantitative estimate of drug-likeness (QED) is 0.902. The lowest BCUT2D eigenvalue weighted by atomic mass is 10.3. The minimum atomic E-state index is -2.90. The van der Waals surface area contributed by atoms with Crippen molar-refractivity contribution in [2.75, 3.05) is 11.5 Å². The minimum absolute atomic E-state index is 0.134. The number of para-hydroxylation sites is 2. The van der Waals surface area contributed by atoms with E-state index in [1.54, 1.807) is 6.08 Å². The number of fused-ring (bicyclic) bond motifs is 1. The highest BCUT2D eigenvalue weighted by molar-refractivity contribution is 8.04. The van der Waals surface area contributed by atoms with Crippen molar-refractivity contribution in [2.24, 2.45) is 0 Å². The fraction of sp³-hybridized carbons (Fsp3) is 0.182. The van der Waals surface area contributed by atoms with Gasteiger partial charge in [-0.05, 0) is 12.1 Å². The van der Waals surface area contributed by atoms with Gasteiger partial charge in [-0.15, -0.1) is 0 Å². The highest BCUT2D eigenvalue weighted by Gasteiger charge is 2.21. The van der Waals surface area contributed by atoms with Gasteiger partial charge >= 0.3 is 0 Å². The molecule has 1 aliphatic heterocycles. The van der Waals surface area contributed by atoms with E-state index in [0.29, 0.717) is 0 Å². The predicted molar refractivity (Wildman–Crippen MR) is 68.7 cm³/mol. The molecule has 88 valence electrons. The normalized spacial score (nSPS) is 18.5. The van der Waals surface area contributed by atoms with Gasteiger partial charge in [-0.1, -0.05) is 30.0 Å². The van der Waals surface area contributed by atoms with Crippen LogP contribution in [-0.4, -0.2) is 29.9 Å². The lowest BCUT2D eigenvalue weighted by Crippen LogP contribution is -2.01. The van der Waals surface area contributed by atoms with Crippen LogP contribution >= 0.6 is 11.8 Å². The van der Waals surface area contributed by atoms with E-state index in [2.05, 4.69) is 9.97 Å². The van der Waals surface area contributed by atoms with Crippen LogP contribution in [0.15, 0.2) is 40.4 Å². The van der Waals surface area contributed by atoms with Crippen LogP contribution < -0.4 is 0 Å². The fourth-order valence-electron chi connectivity index (χ4n) is 1.73. The molecule has 1 aliphatic rings. The van der Waals surface area contributed by atoms with E-state index in [-0.39, 0.29) is 11.5 Å². The van der Waals surface area contributed by atoms with Crippen molar-refractivity contribution in [3.05, 3.63) is 35.2 Å². The molecule has 1 aromatic heterocycles. The fourth-order valence-corrected chi connectivity index (χ4v) is 4.45. The van der Waals surface area contributed by atoms with Crippen LogP contribution in [0, 0.1) is 0 Å². The molecule has 0 aliphatic carbocycles. The number of aromatic nitrogens is 2. The Kier molecular flexibility index (Phi) is 2.48. The van der Waals surface area contributed by atoms with Crippen molar-refractivity contribution in [3.63, 3.8) is 0 Å². The van der Waals surface area contributed by atoms with Crippen LogP contribution in [0.25, 0.3) is 11.0 Å². The number of nitrogens with zero attached hydrogens (tertiary/aromatic N) is 1. The van der Waals surface area contributed by atoms with E-state index in [4.69, 9.17) is 0 Å². The highest BCUT2D eigenvalue weighted by Crippen LogP contribution is 2.30. The summed E-state index contributed by atoms with van der Waals surface area (Å²) in [5.74, 6) is 0.282. The number of benzene rings is 1. The summed E-state index contributed by atoms with van der Waals surface area (Å²) in [6.45, 7) is 0. The lowest BCUT2D eigenvalue weighted by molar-refractivity contribution is 0.603. The molecule has 6 heteroatoms. The Hall–Kier alpha value is -1.27. The molecule has 17 heavy (non-hydrogen) atoms. The van der Waals surface area contributed by atoms with Crippen molar-refractivity contribution < 1.29 is 8.42 Å². The van der Waals surface area contributed by atoms with Crippen LogP contribution in [0.4, 0.5) is 0 Å². The maximum Gasteiger partial charge on any atom is 0.170 e. The van der Waals surface area contributed by atoms with E-state index in [1.807, 2.05) is 24.3 Å². The summed E-state index contributed by atoms with van der Waals surface area (Å²) in [5.41, 5.74) is 1.87. The van der Waals surface area contributed by atoms with E-state index in [0.717, 1.165) is 21.1 Å². The summed E-state index contributed by atoms with van der Waals surface area (Å²) < 4.78 is 22.6. The Morgan fingerprint density at radius 1 is 1.29 bits per heavy atom. The van der Waals surface area contributed by atoms with E-state index in [9.17, 15) is 8.42 Å². The molecule has 2 aromatic rings. The summed E-state index contributed by atoms with van der Waals surface area (Å²) in [4.78, 5) is 8.41. The molecule has 1 aromatic carbocycles. The number of H-pyrrole nitrogens is 1. The molecule has 0 atom stereocenters. The van der Waals surface area contributed by atoms with Gasteiger partial charge in [0.1, 0.15) is 0 Å². The predicted octanol–water partition coefficient (Wildman–Crippen LogP) is 1.97. The van der Waals surface area contributed by atoms with Gasteiger partial charge in [0.15, 0.2) is 15.0 Å². The second-order valence-corrected chi connectivity index (χ2v) is 7.11. The van der Waals surface area contributed by atoms with Crippen molar-refractivity contribution >= 4 is 32.6 Å². The molecule has 0 bridgehead atoms. The third-order valence-corrected chi connectivity index (χ3v) is 5.09. The molecule has 0 saturated carbocycles. The molecule has 3 rings (SSSR count). The van der Waals surface area contributed by atoms with Gasteiger partial charge < -0.3 is 4.98 Å². The molecule has 0 radical (unpaired) electrons. The van der Waals surface area contributed by atoms with Crippen LogP contribution in [-0.2, 0) is 9.84 Å². The number of hydrogen-bond acceptors (Lipinski definition) is 4. The topological polar surface area (TPSA) is 62.8 Å². The summed E-state index contributed by atoms with van der Waals surface area (Å²) in [6, 6.07) is 7.74. The maximum atomic E-state index is 11.3. The largest absolute Gasteiger partial charge is 0.333 e. The van der Waals surface area contributed by atoms with Gasteiger partial charge in [-0.25, -0.2) is 13.4 Å². The molecule has 1 N–H and O–H groups in total. The van der Waals surface area contributed by atoms with Gasteiger partial charge in [0.25, 0.3) is 0 Å². The third kappa shape index (κ3) is 2.23. The van der Waals surface area contributed by atoms with Crippen molar-refractivity contribution in [1.82, 2.24) is 9.97 Å². The second-order valence-electron chi connectivity index (χ2n) is 3.89. The zero-order valence-corrected chi connectivity index (χ0v) is 10.5. The highest BCUT2D eigenvalue weighted by atomic mass is 32.2. The number of imidazole rings is 1. The average Bonchev–Trinajstić information content (AvgIpc) is 2.81. The summed E-state index contributed by atoms with van der Waals surface area (Å²) >= 11 is 1.39. The molecule has 0 fully saturated rings. The molecule has 0 spiro atoms. The summed E-state index contributed by atoms with van der Waals surface area (Å²) in [6.07, 6.45) is 1.76. The second kappa shape index (κ2) is 3.89. The van der Waals surface area contributed by atoms with Crippen LogP contribution in [0.5, 0.6) is 0 Å². The van der Waals surface area contributed by atoms with Gasteiger partial charge in [0.05, 0.1) is 22.5 Å². The van der Waals surface area contributed by atoms with Crippen molar-refractivity contribution in [2.45, 2.75) is 5.16 Å². The molecule has 0 amide bonds. The Bertz CT molecular complexity index is 668. The first-order chi connectivity index (χ1) is 8.12. The first-order valence-corrected chi connectivity index (χ1v) is 7.78.